The van der Waals surface area contributed by atoms with Crippen LogP contribution in [0.25, 0.3) is 17.2 Å². The van der Waals surface area contributed by atoms with Gasteiger partial charge in [-0.25, -0.2) is 0 Å². The quantitative estimate of drug-likeness (QED) is 0.820. The smallest absolute Gasteiger partial charge is 0.108 e. The van der Waals surface area contributed by atoms with Gasteiger partial charge in [-0.3, -0.25) is 0 Å². The Labute approximate surface area is 117 Å². The normalized spacial score (nSPS) is 45.3. The van der Waals surface area contributed by atoms with E-state index in [2.05, 4.69) is 31.2 Å². The van der Waals surface area contributed by atoms with Gasteiger partial charge in [0.25, 0.3) is 0 Å². The third kappa shape index (κ3) is 0.521. The fourth-order valence-corrected chi connectivity index (χ4v) is 6.49. The van der Waals surface area contributed by atoms with Gasteiger partial charge in [-0.2, -0.15) is 0 Å². The maximum Gasteiger partial charge on any atom is 0.108 e. The van der Waals surface area contributed by atoms with E-state index < -0.39 is 5.60 Å². The van der Waals surface area contributed by atoms with E-state index in [4.69, 9.17) is 0 Å². The highest BCUT2D eigenvalue weighted by Crippen LogP contribution is 2.86. The number of hydrogen-bond acceptors (Lipinski definition) is 1. The molecule has 1 spiro atoms. The molecule has 1 fully saturated rings. The zero-order valence-electron chi connectivity index (χ0n) is 11.3. The molecule has 0 aromatic heterocycles. The number of aliphatic hydroxyl groups is 1. The fourth-order valence-electron chi connectivity index (χ4n) is 6.49. The molecule has 0 amide bonds. The first-order valence-electron chi connectivity index (χ1n) is 7.82. The zero-order valence-corrected chi connectivity index (χ0v) is 11.3. The molecule has 7 rings (SSSR count). The van der Waals surface area contributed by atoms with E-state index in [1.807, 2.05) is 0 Å². The Kier molecular flexibility index (Phi) is 1.02. The predicted octanol–water partition coefficient (Wildman–Crippen LogP) is 3.19. The van der Waals surface area contributed by atoms with Gasteiger partial charge in [0.15, 0.2) is 0 Å². The maximum absolute atomic E-state index is 11.5. The Morgan fingerprint density at radius 1 is 1.30 bits per heavy atom. The van der Waals surface area contributed by atoms with Gasteiger partial charge in [-0.15, -0.1) is 0 Å². The van der Waals surface area contributed by atoms with Crippen LogP contribution >= 0.6 is 0 Å². The summed E-state index contributed by atoms with van der Waals surface area (Å²) in [5, 5.41) is 11.5. The molecule has 1 saturated carbocycles. The molecule has 0 aliphatic heterocycles. The Morgan fingerprint density at radius 2 is 2.20 bits per heavy atom. The fraction of sp³-hybridized carbons (Fsp3) is 0.368. The molecule has 96 valence electrons. The molecule has 6 aliphatic rings. The summed E-state index contributed by atoms with van der Waals surface area (Å²) in [5.74, 6) is 0.944. The minimum atomic E-state index is -0.540. The minimum Gasteiger partial charge on any atom is -0.384 e. The van der Waals surface area contributed by atoms with Crippen LogP contribution in [0, 0.1) is 17.3 Å². The van der Waals surface area contributed by atoms with Crippen molar-refractivity contribution in [3.05, 3.63) is 51.6 Å². The average molecular weight is 258 g/mol. The lowest BCUT2D eigenvalue weighted by atomic mass is 9.37. The highest BCUT2D eigenvalue weighted by Gasteiger charge is 2.82. The van der Waals surface area contributed by atoms with Crippen molar-refractivity contribution in [2.24, 2.45) is 17.3 Å². The largest absolute Gasteiger partial charge is 0.384 e. The van der Waals surface area contributed by atoms with Crippen molar-refractivity contribution in [3.8, 4) is 0 Å². The van der Waals surface area contributed by atoms with Crippen molar-refractivity contribution >= 4 is 17.2 Å². The van der Waals surface area contributed by atoms with Crippen molar-refractivity contribution < 1.29 is 5.11 Å². The highest BCUT2D eigenvalue weighted by atomic mass is 16.3. The summed E-state index contributed by atoms with van der Waals surface area (Å²) in [6.07, 6.45) is 6.92. The van der Waals surface area contributed by atoms with Crippen molar-refractivity contribution in [2.45, 2.75) is 25.4 Å². The van der Waals surface area contributed by atoms with Crippen LogP contribution in [0.5, 0.6) is 0 Å². The van der Waals surface area contributed by atoms with Crippen LogP contribution in [-0.4, -0.2) is 10.7 Å². The molecule has 1 aromatic rings. The Hall–Kier alpha value is -1.60. The van der Waals surface area contributed by atoms with E-state index in [1.165, 1.54) is 39.0 Å². The van der Waals surface area contributed by atoms with E-state index >= 15 is 0 Å². The standard InChI is InChI=1S/C19H14O/c1-2-11-17-9-4-3-8-5-12-13-6-10(8)16(9)14-7-15(17)18(11,14)19(12,13)20/h3-4,6-7,11-12,20H,2,5H2,1H3. The van der Waals surface area contributed by atoms with Gasteiger partial charge in [0.05, 0.1) is 5.41 Å². The minimum absolute atomic E-state index is 0.00484. The zero-order chi connectivity index (χ0) is 13.0. The van der Waals surface area contributed by atoms with Gasteiger partial charge >= 0.3 is 0 Å². The van der Waals surface area contributed by atoms with Crippen LogP contribution in [0.1, 0.15) is 35.6 Å². The van der Waals surface area contributed by atoms with E-state index in [9.17, 15) is 5.11 Å². The second kappa shape index (κ2) is 2.17. The lowest BCUT2D eigenvalue weighted by molar-refractivity contribution is 0.0128. The van der Waals surface area contributed by atoms with Crippen LogP contribution in [0.4, 0.5) is 0 Å². The number of fused-ring (bicyclic) bond motifs is 2. The molecule has 0 radical (unpaired) electrons. The number of allylic oxidation sites excluding steroid dienone is 2. The van der Waals surface area contributed by atoms with Crippen molar-refractivity contribution in [1.82, 2.24) is 0 Å². The second-order valence-corrected chi connectivity index (χ2v) is 7.34. The van der Waals surface area contributed by atoms with E-state index in [-0.39, 0.29) is 5.41 Å². The summed E-state index contributed by atoms with van der Waals surface area (Å²) in [7, 11) is 0. The Morgan fingerprint density at radius 3 is 3.05 bits per heavy atom. The number of benzene rings is 1. The van der Waals surface area contributed by atoms with E-state index in [0.717, 1.165) is 12.8 Å². The van der Waals surface area contributed by atoms with Gasteiger partial charge in [-0.05, 0) is 57.4 Å². The average Bonchev–Trinajstić information content (AvgIpc) is 3.06. The summed E-state index contributed by atoms with van der Waals surface area (Å²) < 4.78 is 0. The Bertz CT molecular complexity index is 897. The molecule has 1 aromatic carbocycles. The van der Waals surface area contributed by atoms with Crippen molar-refractivity contribution in [2.75, 3.05) is 0 Å². The van der Waals surface area contributed by atoms with Gasteiger partial charge in [0.2, 0.25) is 0 Å². The molecule has 1 heteroatoms. The molecule has 1 N–H and O–H groups in total. The molecular weight excluding hydrogens is 244 g/mol. The first-order valence-corrected chi connectivity index (χ1v) is 7.82. The summed E-state index contributed by atoms with van der Waals surface area (Å²) in [4.78, 5) is 0. The van der Waals surface area contributed by atoms with Crippen molar-refractivity contribution in [3.63, 3.8) is 0 Å². The monoisotopic (exact) mass is 258 g/mol. The first-order chi connectivity index (χ1) is 9.74. The second-order valence-electron chi connectivity index (χ2n) is 7.34. The lowest BCUT2D eigenvalue weighted by Crippen LogP contribution is -2.60. The third-order valence-corrected chi connectivity index (χ3v) is 7.16. The van der Waals surface area contributed by atoms with Gasteiger partial charge in [0.1, 0.15) is 5.60 Å². The van der Waals surface area contributed by atoms with Gasteiger partial charge < -0.3 is 5.11 Å². The molecule has 7 bridgehead atoms. The van der Waals surface area contributed by atoms with Gasteiger partial charge in [0, 0.05) is 11.8 Å². The lowest BCUT2D eigenvalue weighted by Gasteiger charge is -2.66. The molecule has 1 nitrogen and oxygen atoms in total. The van der Waals surface area contributed by atoms with E-state index in [1.54, 1.807) is 5.57 Å². The molecular formula is C19H14O. The topological polar surface area (TPSA) is 20.2 Å². The summed E-state index contributed by atoms with van der Waals surface area (Å²) in [6, 6.07) is 4.67. The van der Waals surface area contributed by atoms with Crippen LogP contribution in [0.2, 0.25) is 0 Å². The summed E-state index contributed by atoms with van der Waals surface area (Å²) >= 11 is 0. The molecule has 4 atom stereocenters. The van der Waals surface area contributed by atoms with Crippen molar-refractivity contribution in [1.29, 1.82) is 0 Å². The van der Waals surface area contributed by atoms with Gasteiger partial charge in [-0.1, -0.05) is 31.2 Å². The molecule has 4 unspecified atom stereocenters. The van der Waals surface area contributed by atoms with Crippen LogP contribution in [0.15, 0.2) is 29.4 Å². The molecule has 6 aliphatic carbocycles. The SMILES string of the molecule is CCC1C2=C3C=C4c5c2ccc2c5C=C5C(C2)C5(O)C431. The van der Waals surface area contributed by atoms with Crippen LogP contribution < -0.4 is 0 Å². The summed E-state index contributed by atoms with van der Waals surface area (Å²) in [5.41, 5.74) is 11.1. The highest BCUT2D eigenvalue weighted by molar-refractivity contribution is 6.13. The molecule has 0 heterocycles. The number of hydrogen-bond donors (Lipinski definition) is 1. The number of rotatable bonds is 1. The first kappa shape index (κ1) is 9.36. The predicted molar refractivity (Wildman–Crippen MR) is 77.7 cm³/mol. The Balaban J connectivity index is 1.78. The molecule has 20 heavy (non-hydrogen) atoms. The van der Waals surface area contributed by atoms with Crippen LogP contribution in [0.3, 0.4) is 0 Å². The van der Waals surface area contributed by atoms with E-state index in [0.29, 0.717) is 11.8 Å². The summed E-state index contributed by atoms with van der Waals surface area (Å²) in [6.45, 7) is 2.28. The maximum atomic E-state index is 11.5. The molecule has 0 saturated heterocycles. The third-order valence-electron chi connectivity index (χ3n) is 7.16. The van der Waals surface area contributed by atoms with Crippen LogP contribution in [-0.2, 0) is 6.42 Å².